The first kappa shape index (κ1) is 8.91. The molecule has 1 aliphatic rings. The van der Waals surface area contributed by atoms with E-state index in [-0.39, 0.29) is 5.91 Å². The lowest BCUT2D eigenvalue weighted by Crippen LogP contribution is -2.42. The van der Waals surface area contributed by atoms with E-state index in [1.165, 1.54) is 6.42 Å². The first-order chi connectivity index (χ1) is 5.25. The van der Waals surface area contributed by atoms with E-state index in [9.17, 15) is 4.79 Å². The fourth-order valence-electron chi connectivity index (χ4n) is 1.56. The van der Waals surface area contributed by atoms with Crippen LogP contribution in [0.1, 0.15) is 26.2 Å². The molecule has 3 heteroatoms. The van der Waals surface area contributed by atoms with Crippen LogP contribution < -0.4 is 0 Å². The Morgan fingerprint density at radius 1 is 1.64 bits per heavy atom. The first-order valence-electron chi connectivity index (χ1n) is 4.16. The van der Waals surface area contributed by atoms with Crippen LogP contribution in [0.25, 0.3) is 0 Å². The van der Waals surface area contributed by atoms with Gasteiger partial charge in [-0.05, 0) is 26.2 Å². The lowest BCUT2D eigenvalue weighted by molar-refractivity contribution is -0.131. The molecular formula is C8H15NOS. The zero-order valence-corrected chi connectivity index (χ0v) is 7.81. The number of hydrogen-bond acceptors (Lipinski definition) is 2. The molecule has 0 aromatic carbocycles. The van der Waals surface area contributed by atoms with E-state index in [1.807, 2.05) is 4.90 Å². The van der Waals surface area contributed by atoms with Crippen molar-refractivity contribution in [3.05, 3.63) is 0 Å². The summed E-state index contributed by atoms with van der Waals surface area (Å²) in [6.45, 7) is 3.04. The molecule has 0 aromatic heterocycles. The second kappa shape index (κ2) is 4.00. The Hall–Kier alpha value is -0.180. The Morgan fingerprint density at radius 3 is 2.91 bits per heavy atom. The average Bonchev–Trinajstić information content (AvgIpc) is 2.04. The molecule has 0 aromatic rings. The quantitative estimate of drug-likeness (QED) is 0.593. The molecular weight excluding hydrogens is 158 g/mol. The van der Waals surface area contributed by atoms with Crippen LogP contribution in [-0.4, -0.2) is 29.1 Å². The van der Waals surface area contributed by atoms with Crippen LogP contribution in [0.3, 0.4) is 0 Å². The van der Waals surface area contributed by atoms with Gasteiger partial charge in [0.25, 0.3) is 0 Å². The summed E-state index contributed by atoms with van der Waals surface area (Å²) >= 11 is 3.98. The van der Waals surface area contributed by atoms with Gasteiger partial charge < -0.3 is 4.90 Å². The van der Waals surface area contributed by atoms with Crippen molar-refractivity contribution in [3.8, 4) is 0 Å². The zero-order valence-electron chi connectivity index (χ0n) is 6.92. The molecule has 0 saturated carbocycles. The van der Waals surface area contributed by atoms with Crippen LogP contribution in [0.4, 0.5) is 0 Å². The Bertz CT molecular complexity index is 149. The fourth-order valence-corrected chi connectivity index (χ4v) is 1.74. The third kappa shape index (κ3) is 2.12. The van der Waals surface area contributed by atoms with Crippen molar-refractivity contribution >= 4 is 18.5 Å². The molecule has 0 radical (unpaired) electrons. The molecule has 1 unspecified atom stereocenters. The van der Waals surface area contributed by atoms with Crippen LogP contribution >= 0.6 is 12.6 Å². The molecule has 64 valence electrons. The molecule has 1 fully saturated rings. The Morgan fingerprint density at radius 2 is 2.36 bits per heavy atom. The van der Waals surface area contributed by atoms with Crippen molar-refractivity contribution < 1.29 is 4.79 Å². The van der Waals surface area contributed by atoms with Gasteiger partial charge in [0.05, 0.1) is 5.75 Å². The Balaban J connectivity index is 2.47. The monoisotopic (exact) mass is 173 g/mol. The lowest BCUT2D eigenvalue weighted by Gasteiger charge is -2.33. The summed E-state index contributed by atoms with van der Waals surface area (Å²) in [5.41, 5.74) is 0. The van der Waals surface area contributed by atoms with Gasteiger partial charge in [-0.2, -0.15) is 12.6 Å². The highest BCUT2D eigenvalue weighted by Gasteiger charge is 2.21. The highest BCUT2D eigenvalue weighted by atomic mass is 32.1. The minimum absolute atomic E-state index is 0.181. The molecule has 1 rings (SSSR count). The summed E-state index contributed by atoms with van der Waals surface area (Å²) in [4.78, 5) is 13.2. The van der Waals surface area contributed by atoms with Crippen LogP contribution in [0.5, 0.6) is 0 Å². The first-order valence-corrected chi connectivity index (χ1v) is 4.79. The minimum Gasteiger partial charge on any atom is -0.339 e. The van der Waals surface area contributed by atoms with E-state index in [4.69, 9.17) is 0 Å². The van der Waals surface area contributed by atoms with Gasteiger partial charge in [-0.15, -0.1) is 0 Å². The van der Waals surface area contributed by atoms with E-state index in [0.717, 1.165) is 19.4 Å². The van der Waals surface area contributed by atoms with Crippen molar-refractivity contribution in [1.82, 2.24) is 4.90 Å². The standard InChI is InChI=1S/C8H15NOS/c1-7-4-2-3-5-9(7)8(10)6-11/h7,11H,2-6H2,1H3. The minimum atomic E-state index is 0.181. The van der Waals surface area contributed by atoms with E-state index >= 15 is 0 Å². The van der Waals surface area contributed by atoms with Gasteiger partial charge in [-0.3, -0.25) is 4.79 Å². The normalized spacial score (nSPS) is 25.3. The molecule has 1 heterocycles. The number of carbonyl (C=O) groups is 1. The summed E-state index contributed by atoms with van der Waals surface area (Å²) in [6.07, 6.45) is 3.57. The number of thiol groups is 1. The van der Waals surface area contributed by atoms with Crippen molar-refractivity contribution in [3.63, 3.8) is 0 Å². The maximum absolute atomic E-state index is 11.2. The van der Waals surface area contributed by atoms with Gasteiger partial charge in [0.15, 0.2) is 0 Å². The summed E-state index contributed by atoms with van der Waals surface area (Å²) in [7, 11) is 0. The van der Waals surface area contributed by atoms with E-state index in [0.29, 0.717) is 11.8 Å². The van der Waals surface area contributed by atoms with E-state index in [1.54, 1.807) is 0 Å². The SMILES string of the molecule is CC1CCCCN1C(=O)CS. The van der Waals surface area contributed by atoms with Crippen molar-refractivity contribution in [2.45, 2.75) is 32.2 Å². The number of hydrogen-bond donors (Lipinski definition) is 1. The molecule has 0 spiro atoms. The van der Waals surface area contributed by atoms with Gasteiger partial charge in [0, 0.05) is 12.6 Å². The Kier molecular flexibility index (Phi) is 3.24. The third-order valence-electron chi connectivity index (χ3n) is 2.26. The summed E-state index contributed by atoms with van der Waals surface area (Å²) in [5, 5.41) is 0. The maximum atomic E-state index is 11.2. The number of likely N-dealkylation sites (tertiary alicyclic amines) is 1. The number of carbonyl (C=O) groups excluding carboxylic acids is 1. The second-order valence-electron chi connectivity index (χ2n) is 3.09. The smallest absolute Gasteiger partial charge is 0.232 e. The number of nitrogens with zero attached hydrogens (tertiary/aromatic N) is 1. The molecule has 1 aliphatic heterocycles. The van der Waals surface area contributed by atoms with Gasteiger partial charge in [0.2, 0.25) is 5.91 Å². The maximum Gasteiger partial charge on any atom is 0.232 e. The van der Waals surface area contributed by atoms with E-state index in [2.05, 4.69) is 19.6 Å². The van der Waals surface area contributed by atoms with Gasteiger partial charge >= 0.3 is 0 Å². The zero-order chi connectivity index (χ0) is 8.27. The van der Waals surface area contributed by atoms with E-state index < -0.39 is 0 Å². The second-order valence-corrected chi connectivity index (χ2v) is 3.41. The summed E-state index contributed by atoms with van der Waals surface area (Å²) in [5.74, 6) is 0.533. The van der Waals surface area contributed by atoms with Gasteiger partial charge in [0.1, 0.15) is 0 Å². The highest BCUT2D eigenvalue weighted by Crippen LogP contribution is 2.16. The number of piperidine rings is 1. The molecule has 1 saturated heterocycles. The molecule has 0 N–H and O–H groups in total. The molecule has 0 bridgehead atoms. The molecule has 1 amide bonds. The van der Waals surface area contributed by atoms with Crippen molar-refractivity contribution in [1.29, 1.82) is 0 Å². The van der Waals surface area contributed by atoms with Crippen molar-refractivity contribution in [2.24, 2.45) is 0 Å². The molecule has 0 aliphatic carbocycles. The molecule has 11 heavy (non-hydrogen) atoms. The Labute approximate surface area is 73.4 Å². The molecule has 1 atom stereocenters. The highest BCUT2D eigenvalue weighted by molar-refractivity contribution is 7.81. The summed E-state index contributed by atoms with van der Waals surface area (Å²) < 4.78 is 0. The van der Waals surface area contributed by atoms with Crippen LogP contribution in [0.2, 0.25) is 0 Å². The fraction of sp³-hybridized carbons (Fsp3) is 0.875. The number of rotatable bonds is 1. The van der Waals surface area contributed by atoms with Crippen LogP contribution in [0.15, 0.2) is 0 Å². The van der Waals surface area contributed by atoms with Crippen molar-refractivity contribution in [2.75, 3.05) is 12.3 Å². The predicted octanol–water partition coefficient (Wildman–Crippen LogP) is 1.32. The van der Waals surface area contributed by atoms with Crippen LogP contribution in [0, 0.1) is 0 Å². The number of amides is 1. The molecule has 2 nitrogen and oxygen atoms in total. The predicted molar refractivity (Wildman–Crippen MR) is 48.9 cm³/mol. The van der Waals surface area contributed by atoms with Gasteiger partial charge in [-0.1, -0.05) is 0 Å². The lowest BCUT2D eigenvalue weighted by atomic mass is 10.0. The topological polar surface area (TPSA) is 20.3 Å². The third-order valence-corrected chi connectivity index (χ3v) is 2.53. The van der Waals surface area contributed by atoms with Crippen LogP contribution in [-0.2, 0) is 4.79 Å². The largest absolute Gasteiger partial charge is 0.339 e. The summed E-state index contributed by atoms with van der Waals surface area (Å²) in [6, 6.07) is 0.434. The van der Waals surface area contributed by atoms with Gasteiger partial charge in [-0.25, -0.2) is 0 Å². The average molecular weight is 173 g/mol.